The average Bonchev–Trinajstić information content (AvgIpc) is 2.41. The van der Waals surface area contributed by atoms with Crippen molar-refractivity contribution < 1.29 is 0 Å². The first kappa shape index (κ1) is 16.5. The largest absolute Gasteiger partial charge is 0.326 e. The van der Waals surface area contributed by atoms with Crippen LogP contribution in [-0.4, -0.2) is 24.0 Å². The lowest BCUT2D eigenvalue weighted by atomic mass is 9.95. The normalized spacial score (nSPS) is 16.4. The first-order chi connectivity index (χ1) is 9.02. The second-order valence-corrected chi connectivity index (χ2v) is 5.75. The van der Waals surface area contributed by atoms with Crippen LogP contribution in [0, 0.1) is 0 Å². The van der Waals surface area contributed by atoms with Crippen molar-refractivity contribution in [2.75, 3.05) is 7.05 Å². The van der Waals surface area contributed by atoms with Gasteiger partial charge in [0.2, 0.25) is 0 Å². The van der Waals surface area contributed by atoms with Crippen molar-refractivity contribution in [1.82, 2.24) is 4.90 Å². The molecule has 108 valence electrons. The van der Waals surface area contributed by atoms with Crippen LogP contribution in [0.3, 0.4) is 0 Å². The molecule has 0 aromatic heterocycles. The Morgan fingerprint density at radius 2 is 1.89 bits per heavy atom. The number of benzene rings is 1. The van der Waals surface area contributed by atoms with Crippen LogP contribution in [0.1, 0.15) is 51.6 Å². The summed E-state index contributed by atoms with van der Waals surface area (Å²) in [7, 11) is 2.16. The van der Waals surface area contributed by atoms with Gasteiger partial charge in [-0.2, -0.15) is 0 Å². The van der Waals surface area contributed by atoms with Gasteiger partial charge in [0.15, 0.2) is 0 Å². The smallest absolute Gasteiger partial charge is 0.0513 e. The summed E-state index contributed by atoms with van der Waals surface area (Å²) < 4.78 is 0. The molecule has 0 aliphatic rings. The Morgan fingerprint density at radius 3 is 2.42 bits per heavy atom. The second kappa shape index (κ2) is 7.88. The first-order valence-electron chi connectivity index (χ1n) is 7.24. The van der Waals surface area contributed by atoms with Crippen molar-refractivity contribution in [2.45, 2.75) is 58.2 Å². The molecule has 0 radical (unpaired) electrons. The Labute approximate surface area is 122 Å². The Balaban J connectivity index is 3.05. The van der Waals surface area contributed by atoms with Gasteiger partial charge >= 0.3 is 0 Å². The molecular formula is C16H27ClN2. The minimum Gasteiger partial charge on any atom is -0.326 e. The lowest BCUT2D eigenvalue weighted by molar-refractivity contribution is 0.151. The molecule has 0 aliphatic carbocycles. The number of hydrogen-bond donors (Lipinski definition) is 1. The molecule has 0 fully saturated rings. The van der Waals surface area contributed by atoms with Crippen molar-refractivity contribution in [3.63, 3.8) is 0 Å². The van der Waals surface area contributed by atoms with Crippen LogP contribution in [0.5, 0.6) is 0 Å². The van der Waals surface area contributed by atoms with E-state index in [0.29, 0.717) is 6.04 Å². The minimum atomic E-state index is 0.101. The van der Waals surface area contributed by atoms with Crippen molar-refractivity contribution in [3.8, 4) is 0 Å². The number of nitrogens with zero attached hydrogens (tertiary/aromatic N) is 1. The highest BCUT2D eigenvalue weighted by atomic mass is 35.5. The molecule has 0 bridgehead atoms. The second-order valence-electron chi connectivity index (χ2n) is 5.34. The quantitative estimate of drug-likeness (QED) is 0.810. The van der Waals surface area contributed by atoms with Gasteiger partial charge in [0, 0.05) is 17.1 Å². The van der Waals surface area contributed by atoms with Gasteiger partial charge in [0.1, 0.15) is 0 Å². The summed E-state index contributed by atoms with van der Waals surface area (Å²) >= 11 is 6.36. The van der Waals surface area contributed by atoms with Crippen LogP contribution in [0.2, 0.25) is 5.02 Å². The third-order valence-corrected chi connectivity index (χ3v) is 4.29. The van der Waals surface area contributed by atoms with Crippen molar-refractivity contribution in [2.24, 2.45) is 5.73 Å². The van der Waals surface area contributed by atoms with E-state index in [1.165, 1.54) is 12.8 Å². The number of likely N-dealkylation sites (N-methyl/N-ethyl adjacent to an activating group) is 1. The van der Waals surface area contributed by atoms with Crippen LogP contribution < -0.4 is 5.73 Å². The topological polar surface area (TPSA) is 29.3 Å². The van der Waals surface area contributed by atoms with E-state index in [4.69, 9.17) is 17.3 Å². The fourth-order valence-electron chi connectivity index (χ4n) is 2.59. The zero-order valence-electron chi connectivity index (χ0n) is 12.6. The zero-order valence-corrected chi connectivity index (χ0v) is 13.3. The number of nitrogens with two attached hydrogens (primary N) is 1. The number of halogens is 1. The van der Waals surface area contributed by atoms with Crippen molar-refractivity contribution in [3.05, 3.63) is 34.9 Å². The van der Waals surface area contributed by atoms with Gasteiger partial charge in [0.25, 0.3) is 0 Å². The molecule has 2 nitrogen and oxygen atoms in total. The summed E-state index contributed by atoms with van der Waals surface area (Å²) in [5.74, 6) is 0. The molecule has 0 amide bonds. The van der Waals surface area contributed by atoms with Crippen LogP contribution in [-0.2, 0) is 0 Å². The molecule has 3 atom stereocenters. The van der Waals surface area contributed by atoms with Crippen LogP contribution in [0.4, 0.5) is 0 Å². The molecule has 0 aliphatic heterocycles. The van der Waals surface area contributed by atoms with Gasteiger partial charge in [-0.3, -0.25) is 4.90 Å². The SMILES string of the molecule is CCCC(C)N(C)C(c1ccccc1Cl)C(N)CC. The van der Waals surface area contributed by atoms with E-state index in [9.17, 15) is 0 Å². The summed E-state index contributed by atoms with van der Waals surface area (Å²) in [5.41, 5.74) is 7.50. The molecule has 3 heteroatoms. The maximum absolute atomic E-state index is 6.36. The van der Waals surface area contributed by atoms with Gasteiger partial charge in [-0.25, -0.2) is 0 Å². The Bertz CT molecular complexity index is 381. The van der Waals surface area contributed by atoms with E-state index in [1.54, 1.807) is 0 Å². The first-order valence-corrected chi connectivity index (χ1v) is 7.62. The molecule has 0 saturated carbocycles. The van der Waals surface area contributed by atoms with Crippen LogP contribution in [0.15, 0.2) is 24.3 Å². The summed E-state index contributed by atoms with van der Waals surface area (Å²) in [4.78, 5) is 2.37. The van der Waals surface area contributed by atoms with E-state index in [0.717, 1.165) is 17.0 Å². The molecule has 3 unspecified atom stereocenters. The third-order valence-electron chi connectivity index (χ3n) is 3.94. The molecule has 19 heavy (non-hydrogen) atoms. The summed E-state index contributed by atoms with van der Waals surface area (Å²) in [6, 6.07) is 8.83. The van der Waals surface area contributed by atoms with Crippen LogP contribution in [0.25, 0.3) is 0 Å². The van der Waals surface area contributed by atoms with Gasteiger partial charge in [-0.1, -0.05) is 50.1 Å². The maximum atomic E-state index is 6.36. The van der Waals surface area contributed by atoms with E-state index >= 15 is 0 Å². The highest BCUT2D eigenvalue weighted by Gasteiger charge is 2.27. The zero-order chi connectivity index (χ0) is 14.4. The minimum absolute atomic E-state index is 0.101. The fourth-order valence-corrected chi connectivity index (χ4v) is 2.83. The lowest BCUT2D eigenvalue weighted by Gasteiger charge is -2.37. The van der Waals surface area contributed by atoms with Crippen molar-refractivity contribution in [1.29, 1.82) is 0 Å². The standard InChI is InChI=1S/C16H27ClN2/c1-5-9-12(3)19(4)16(15(18)6-2)13-10-7-8-11-14(13)17/h7-8,10-12,15-16H,5-6,9,18H2,1-4H3. The summed E-state index contributed by atoms with van der Waals surface area (Å²) in [5, 5.41) is 0.812. The number of rotatable bonds is 7. The summed E-state index contributed by atoms with van der Waals surface area (Å²) in [6.45, 7) is 6.61. The molecule has 2 N–H and O–H groups in total. The van der Waals surface area contributed by atoms with Gasteiger partial charge in [0.05, 0.1) is 6.04 Å². The molecule has 0 spiro atoms. The van der Waals surface area contributed by atoms with E-state index < -0.39 is 0 Å². The predicted molar refractivity (Wildman–Crippen MR) is 84.6 cm³/mol. The van der Waals surface area contributed by atoms with E-state index in [1.807, 2.05) is 18.2 Å². The Hall–Kier alpha value is -0.570. The molecular weight excluding hydrogens is 256 g/mol. The molecule has 1 rings (SSSR count). The number of hydrogen-bond acceptors (Lipinski definition) is 2. The van der Waals surface area contributed by atoms with Gasteiger partial charge in [-0.05, 0) is 38.4 Å². The van der Waals surface area contributed by atoms with Gasteiger partial charge < -0.3 is 5.73 Å². The highest BCUT2D eigenvalue weighted by molar-refractivity contribution is 6.31. The maximum Gasteiger partial charge on any atom is 0.0513 e. The van der Waals surface area contributed by atoms with Gasteiger partial charge in [-0.15, -0.1) is 0 Å². The lowest BCUT2D eigenvalue weighted by Crippen LogP contribution is -2.43. The highest BCUT2D eigenvalue weighted by Crippen LogP contribution is 2.31. The van der Waals surface area contributed by atoms with E-state index in [2.05, 4.69) is 38.8 Å². The summed E-state index contributed by atoms with van der Waals surface area (Å²) in [6.07, 6.45) is 3.30. The molecule has 1 aromatic carbocycles. The molecule has 0 heterocycles. The van der Waals surface area contributed by atoms with Crippen LogP contribution >= 0.6 is 11.6 Å². The predicted octanol–water partition coefficient (Wildman–Crippen LogP) is 4.24. The fraction of sp³-hybridized carbons (Fsp3) is 0.625. The Kier molecular flexibility index (Phi) is 6.84. The Morgan fingerprint density at radius 1 is 1.26 bits per heavy atom. The molecule has 0 saturated heterocycles. The average molecular weight is 283 g/mol. The third kappa shape index (κ3) is 4.20. The molecule has 1 aromatic rings. The van der Waals surface area contributed by atoms with E-state index in [-0.39, 0.29) is 12.1 Å². The van der Waals surface area contributed by atoms with Crippen molar-refractivity contribution >= 4 is 11.6 Å². The monoisotopic (exact) mass is 282 g/mol.